The highest BCUT2D eigenvalue weighted by molar-refractivity contribution is 7.91. The maximum Gasteiger partial charge on any atom is 0.284 e. The third-order valence-electron chi connectivity index (χ3n) is 6.27. The van der Waals surface area contributed by atoms with E-state index >= 15 is 0 Å². The molecule has 3 heterocycles. The first-order valence-electron chi connectivity index (χ1n) is 10.8. The Bertz CT molecular complexity index is 1100. The Labute approximate surface area is 203 Å². The molecule has 0 atom stereocenters. The predicted molar refractivity (Wildman–Crippen MR) is 124 cm³/mol. The second-order valence-corrected chi connectivity index (χ2v) is 10.6. The molecule has 0 radical (unpaired) electrons. The summed E-state index contributed by atoms with van der Waals surface area (Å²) in [4.78, 5) is 23.4. The number of anilines is 1. The van der Waals surface area contributed by atoms with Gasteiger partial charge in [0.25, 0.3) is 5.91 Å². The van der Waals surface area contributed by atoms with E-state index in [2.05, 4.69) is 9.97 Å². The molecule has 1 N–H and O–H groups in total. The van der Waals surface area contributed by atoms with Crippen molar-refractivity contribution in [2.24, 2.45) is 0 Å². The van der Waals surface area contributed by atoms with E-state index in [0.717, 1.165) is 16.9 Å². The van der Waals surface area contributed by atoms with Crippen LogP contribution in [0.4, 0.5) is 5.95 Å². The zero-order valence-corrected chi connectivity index (χ0v) is 20.2. The summed E-state index contributed by atoms with van der Waals surface area (Å²) in [5, 5.41) is 9.52. The molecular weight excluding hydrogens is 486 g/mol. The van der Waals surface area contributed by atoms with Gasteiger partial charge in [-0.2, -0.15) is 4.31 Å². The van der Waals surface area contributed by atoms with Gasteiger partial charge in [0.05, 0.1) is 7.11 Å². The average molecular weight is 512 g/mol. The molecule has 13 heteroatoms. The fourth-order valence-electron chi connectivity index (χ4n) is 4.24. The van der Waals surface area contributed by atoms with Crippen LogP contribution in [0.25, 0.3) is 11.1 Å². The number of piperazine rings is 1. The number of carbonyl (C=O) groups is 1. The largest absolute Gasteiger partial charge is 0.497 e. The van der Waals surface area contributed by atoms with Crippen molar-refractivity contribution in [1.82, 2.24) is 18.9 Å². The predicted octanol–water partition coefficient (Wildman–Crippen LogP) is 1.52. The van der Waals surface area contributed by atoms with Gasteiger partial charge in [-0.1, -0.05) is 12.1 Å². The second-order valence-electron chi connectivity index (χ2n) is 8.06. The van der Waals surface area contributed by atoms with Crippen molar-refractivity contribution in [3.8, 4) is 16.9 Å². The number of hydroxylamine groups is 1. The highest BCUT2D eigenvalue weighted by atomic mass is 35.5. The lowest BCUT2D eigenvalue weighted by atomic mass is 9.98. The van der Waals surface area contributed by atoms with E-state index < -0.39 is 20.7 Å². The Balaban J connectivity index is 1.45. The van der Waals surface area contributed by atoms with Gasteiger partial charge in [-0.3, -0.25) is 10.0 Å². The van der Waals surface area contributed by atoms with E-state index in [4.69, 9.17) is 21.3 Å². The minimum atomic E-state index is -4.11. The molecule has 184 valence electrons. The van der Waals surface area contributed by atoms with Crippen LogP contribution in [0.3, 0.4) is 0 Å². The number of nitrogens with zero attached hydrogens (tertiary/aromatic N) is 5. The Hall–Kier alpha value is -2.51. The number of ether oxygens (including phenoxy) is 2. The molecule has 2 aromatic rings. The molecule has 2 saturated heterocycles. The Morgan fingerprint density at radius 2 is 1.68 bits per heavy atom. The van der Waals surface area contributed by atoms with Crippen LogP contribution in [0.15, 0.2) is 36.7 Å². The Kier molecular flexibility index (Phi) is 7.24. The summed E-state index contributed by atoms with van der Waals surface area (Å²) in [5.74, 6) is 0.196. The van der Waals surface area contributed by atoms with Gasteiger partial charge in [-0.05, 0) is 17.7 Å². The number of hydrogen-bond acceptors (Lipinski definition) is 9. The average Bonchev–Trinajstić information content (AvgIpc) is 2.88. The summed E-state index contributed by atoms with van der Waals surface area (Å²) in [6.07, 6.45) is 3.29. The molecule has 0 bridgehead atoms. The van der Waals surface area contributed by atoms with Crippen LogP contribution in [0.1, 0.15) is 12.8 Å². The maximum atomic E-state index is 13.5. The topological polar surface area (TPSA) is 125 Å². The molecular formula is C21H26ClN5O6S. The van der Waals surface area contributed by atoms with Crippen molar-refractivity contribution >= 4 is 33.7 Å². The van der Waals surface area contributed by atoms with E-state index in [1.54, 1.807) is 19.5 Å². The van der Waals surface area contributed by atoms with Crippen LogP contribution >= 0.6 is 11.8 Å². The number of methoxy groups -OCH3 is 1. The van der Waals surface area contributed by atoms with Gasteiger partial charge in [0.15, 0.2) is 4.75 Å². The highest BCUT2D eigenvalue weighted by Gasteiger charge is 2.56. The van der Waals surface area contributed by atoms with Crippen LogP contribution in [-0.4, -0.2) is 89.6 Å². The lowest BCUT2D eigenvalue weighted by molar-refractivity contribution is -0.152. The maximum absolute atomic E-state index is 13.5. The summed E-state index contributed by atoms with van der Waals surface area (Å²) >= 11 is 5.46. The minimum Gasteiger partial charge on any atom is -0.497 e. The van der Waals surface area contributed by atoms with Crippen molar-refractivity contribution in [3.63, 3.8) is 0 Å². The lowest BCUT2D eigenvalue weighted by Gasteiger charge is -2.41. The first-order chi connectivity index (χ1) is 16.3. The second kappa shape index (κ2) is 10.0. The molecule has 1 aromatic carbocycles. The fourth-order valence-corrected chi connectivity index (χ4v) is 6.58. The summed E-state index contributed by atoms with van der Waals surface area (Å²) in [6.45, 7) is 1.18. The SMILES string of the molecule is COc1ccc(-c2cnc(N3CCN(S(=O)(=O)C4(C(=O)N(O)Cl)CCOCC4)CC3)nc2)cc1. The quantitative estimate of drug-likeness (QED) is 0.349. The van der Waals surface area contributed by atoms with Crippen LogP contribution in [0.2, 0.25) is 0 Å². The smallest absolute Gasteiger partial charge is 0.284 e. The number of carbonyl (C=O) groups excluding carboxylic acids is 1. The van der Waals surface area contributed by atoms with Gasteiger partial charge in [-0.15, -0.1) is 4.58 Å². The number of hydrogen-bond donors (Lipinski definition) is 1. The third-order valence-corrected chi connectivity index (χ3v) is 9.04. The number of amides is 1. The zero-order valence-electron chi connectivity index (χ0n) is 18.6. The van der Waals surface area contributed by atoms with Crippen molar-refractivity contribution in [1.29, 1.82) is 0 Å². The molecule has 0 unspecified atom stereocenters. The van der Waals surface area contributed by atoms with E-state index in [0.29, 0.717) is 19.0 Å². The molecule has 2 aliphatic heterocycles. The van der Waals surface area contributed by atoms with Crippen molar-refractivity contribution < 1.29 is 27.9 Å². The number of aromatic nitrogens is 2. The van der Waals surface area contributed by atoms with Crippen LogP contribution in [0, 0.1) is 0 Å². The fraction of sp³-hybridized carbons (Fsp3) is 0.476. The van der Waals surface area contributed by atoms with Crippen molar-refractivity contribution in [2.75, 3.05) is 51.4 Å². The Morgan fingerprint density at radius 3 is 2.21 bits per heavy atom. The summed E-state index contributed by atoms with van der Waals surface area (Å²) in [5.41, 5.74) is 1.80. The number of rotatable bonds is 6. The van der Waals surface area contributed by atoms with Gasteiger partial charge in [-0.25, -0.2) is 18.4 Å². The van der Waals surface area contributed by atoms with E-state index in [1.165, 1.54) is 4.31 Å². The molecule has 4 rings (SSSR count). The van der Waals surface area contributed by atoms with Gasteiger partial charge in [0.2, 0.25) is 16.0 Å². The summed E-state index contributed by atoms with van der Waals surface area (Å²) < 4.78 is 36.7. The first-order valence-corrected chi connectivity index (χ1v) is 12.5. The molecule has 1 aromatic heterocycles. The van der Waals surface area contributed by atoms with E-state index in [-0.39, 0.29) is 43.7 Å². The van der Waals surface area contributed by atoms with Crippen LogP contribution < -0.4 is 9.64 Å². The lowest BCUT2D eigenvalue weighted by Crippen LogP contribution is -2.61. The molecule has 0 saturated carbocycles. The summed E-state index contributed by atoms with van der Waals surface area (Å²) in [6, 6.07) is 7.56. The van der Waals surface area contributed by atoms with Gasteiger partial charge >= 0.3 is 0 Å². The van der Waals surface area contributed by atoms with E-state index in [1.807, 2.05) is 29.2 Å². The molecule has 11 nitrogen and oxygen atoms in total. The standard InChI is InChI=1S/C21H26ClN5O6S/c1-32-18-4-2-16(3-5-18)17-14-23-20(24-15-17)25-8-10-26(11-9-25)34(30,31)21(19(28)27(22)29)6-12-33-13-7-21/h2-5,14-15,29H,6-13H2,1H3. The number of sulfonamides is 1. The molecule has 0 spiro atoms. The Morgan fingerprint density at radius 1 is 1.09 bits per heavy atom. The van der Waals surface area contributed by atoms with E-state index in [9.17, 15) is 18.4 Å². The monoisotopic (exact) mass is 511 g/mol. The molecule has 2 aliphatic rings. The molecule has 0 aliphatic carbocycles. The van der Waals surface area contributed by atoms with Crippen LogP contribution in [0.5, 0.6) is 5.75 Å². The van der Waals surface area contributed by atoms with Crippen LogP contribution in [-0.2, 0) is 19.6 Å². The van der Waals surface area contributed by atoms with Crippen molar-refractivity contribution in [2.45, 2.75) is 17.6 Å². The van der Waals surface area contributed by atoms with Gasteiger partial charge in [0.1, 0.15) is 5.75 Å². The van der Waals surface area contributed by atoms with Crippen molar-refractivity contribution in [3.05, 3.63) is 36.7 Å². The number of halogens is 1. The summed E-state index contributed by atoms with van der Waals surface area (Å²) in [7, 11) is -2.50. The highest BCUT2D eigenvalue weighted by Crippen LogP contribution is 2.35. The zero-order chi connectivity index (χ0) is 24.3. The molecule has 34 heavy (non-hydrogen) atoms. The molecule has 1 amide bonds. The first kappa shape index (κ1) is 24.6. The normalized spacial score (nSPS) is 19.0. The minimum absolute atomic E-state index is 0.0753. The third kappa shape index (κ3) is 4.56. The molecule has 2 fully saturated rings. The van der Waals surface area contributed by atoms with Gasteiger partial charge in [0, 0.05) is 82.0 Å². The number of benzene rings is 1. The van der Waals surface area contributed by atoms with Gasteiger partial charge < -0.3 is 14.4 Å².